The van der Waals surface area contributed by atoms with Gasteiger partial charge in [-0.05, 0) is 24.7 Å². The van der Waals surface area contributed by atoms with E-state index < -0.39 is 0 Å². The molecule has 1 saturated carbocycles. The summed E-state index contributed by atoms with van der Waals surface area (Å²) in [6.07, 6.45) is 8.15. The van der Waals surface area contributed by atoms with Crippen LogP contribution in [0.15, 0.2) is 4.99 Å². The summed E-state index contributed by atoms with van der Waals surface area (Å²) < 4.78 is 0. The number of guanidine groups is 1. The minimum Gasteiger partial charge on any atom is -0.370 e. The zero-order valence-electron chi connectivity index (χ0n) is 10.5. The van der Waals surface area contributed by atoms with Gasteiger partial charge in [-0.25, -0.2) is 0 Å². The van der Waals surface area contributed by atoms with Gasteiger partial charge in [0.1, 0.15) is 0 Å². The van der Waals surface area contributed by atoms with Gasteiger partial charge in [-0.3, -0.25) is 4.99 Å². The summed E-state index contributed by atoms with van der Waals surface area (Å²) >= 11 is 0. The second kappa shape index (κ2) is 5.55. The van der Waals surface area contributed by atoms with E-state index in [0.717, 1.165) is 37.4 Å². The van der Waals surface area contributed by atoms with Crippen molar-refractivity contribution < 1.29 is 0 Å². The van der Waals surface area contributed by atoms with Crippen molar-refractivity contribution in [1.29, 1.82) is 0 Å². The van der Waals surface area contributed by atoms with Gasteiger partial charge in [0, 0.05) is 19.6 Å². The number of likely N-dealkylation sites (tertiary alicyclic amines) is 1. The summed E-state index contributed by atoms with van der Waals surface area (Å²) in [4.78, 5) is 6.77. The minimum absolute atomic E-state index is 0.784. The summed E-state index contributed by atoms with van der Waals surface area (Å²) in [6.45, 7) is 5.49. The fourth-order valence-electron chi connectivity index (χ4n) is 2.92. The maximum Gasteiger partial charge on any atom is 0.191 e. The third kappa shape index (κ3) is 2.69. The monoisotopic (exact) mass is 223 g/mol. The van der Waals surface area contributed by atoms with Gasteiger partial charge in [0.15, 0.2) is 5.96 Å². The maximum absolute atomic E-state index is 5.96. The van der Waals surface area contributed by atoms with Crippen LogP contribution in [0.5, 0.6) is 0 Å². The van der Waals surface area contributed by atoms with Crippen LogP contribution in [0.25, 0.3) is 0 Å². The lowest BCUT2D eigenvalue weighted by atomic mass is 9.78. The smallest absolute Gasteiger partial charge is 0.191 e. The molecule has 1 heterocycles. The highest BCUT2D eigenvalue weighted by atomic mass is 15.3. The van der Waals surface area contributed by atoms with Gasteiger partial charge in [0.2, 0.25) is 0 Å². The fraction of sp³-hybridized carbons (Fsp3) is 0.923. The van der Waals surface area contributed by atoms with E-state index in [0.29, 0.717) is 0 Å². The van der Waals surface area contributed by atoms with Crippen LogP contribution in [0.4, 0.5) is 0 Å². The number of hydrogen-bond acceptors (Lipinski definition) is 1. The Labute approximate surface area is 99.1 Å². The molecule has 0 aromatic carbocycles. The van der Waals surface area contributed by atoms with Crippen LogP contribution in [0.2, 0.25) is 0 Å². The molecule has 3 nitrogen and oxygen atoms in total. The average Bonchev–Trinajstić information content (AvgIpc) is 2.24. The highest BCUT2D eigenvalue weighted by Crippen LogP contribution is 2.32. The fourth-order valence-corrected chi connectivity index (χ4v) is 2.92. The van der Waals surface area contributed by atoms with E-state index >= 15 is 0 Å². The second-order valence-corrected chi connectivity index (χ2v) is 5.25. The molecule has 0 aromatic heterocycles. The van der Waals surface area contributed by atoms with Crippen LogP contribution in [0.3, 0.4) is 0 Å². The number of nitrogens with zero attached hydrogens (tertiary/aromatic N) is 2. The summed E-state index contributed by atoms with van der Waals surface area (Å²) in [6, 6.07) is 0. The molecular weight excluding hydrogens is 198 g/mol. The van der Waals surface area contributed by atoms with Crippen molar-refractivity contribution in [3.05, 3.63) is 0 Å². The predicted molar refractivity (Wildman–Crippen MR) is 68.4 cm³/mol. The molecule has 16 heavy (non-hydrogen) atoms. The molecule has 0 spiro atoms. The average molecular weight is 223 g/mol. The molecule has 2 unspecified atom stereocenters. The maximum atomic E-state index is 5.96. The van der Waals surface area contributed by atoms with Crippen molar-refractivity contribution >= 4 is 5.96 Å². The first-order valence-electron chi connectivity index (χ1n) is 6.86. The van der Waals surface area contributed by atoms with E-state index in [-0.39, 0.29) is 0 Å². The van der Waals surface area contributed by atoms with Gasteiger partial charge in [0.05, 0.1) is 0 Å². The van der Waals surface area contributed by atoms with E-state index in [4.69, 9.17) is 5.73 Å². The summed E-state index contributed by atoms with van der Waals surface area (Å²) in [5.74, 6) is 2.46. The standard InChI is InChI=1S/C13H25N3/c1-2-11-6-3-4-7-12(11)10-15-13(14)16-8-5-9-16/h11-12H,2-10H2,1H3,(H2,14,15). The van der Waals surface area contributed by atoms with Gasteiger partial charge in [-0.1, -0.05) is 32.6 Å². The molecule has 92 valence electrons. The lowest BCUT2D eigenvalue weighted by Crippen LogP contribution is -2.46. The Kier molecular flexibility index (Phi) is 4.08. The number of nitrogens with two attached hydrogens (primary N) is 1. The predicted octanol–water partition coefficient (Wildman–Crippen LogP) is 2.22. The molecule has 2 aliphatic rings. The quantitative estimate of drug-likeness (QED) is 0.589. The third-order valence-corrected chi connectivity index (χ3v) is 4.26. The molecule has 1 saturated heterocycles. The van der Waals surface area contributed by atoms with Crippen LogP contribution < -0.4 is 5.73 Å². The van der Waals surface area contributed by atoms with Crippen molar-refractivity contribution in [2.75, 3.05) is 19.6 Å². The normalized spacial score (nSPS) is 31.3. The molecule has 2 atom stereocenters. The number of aliphatic imine (C=N–C) groups is 1. The topological polar surface area (TPSA) is 41.6 Å². The van der Waals surface area contributed by atoms with E-state index in [1.165, 1.54) is 38.5 Å². The molecule has 1 aliphatic carbocycles. The number of rotatable bonds is 3. The summed E-state index contributed by atoms with van der Waals surface area (Å²) in [5, 5.41) is 0. The highest BCUT2D eigenvalue weighted by Gasteiger charge is 2.23. The Morgan fingerprint density at radius 2 is 1.88 bits per heavy atom. The summed E-state index contributed by atoms with van der Waals surface area (Å²) in [5.41, 5.74) is 5.96. The van der Waals surface area contributed by atoms with Gasteiger partial charge >= 0.3 is 0 Å². The largest absolute Gasteiger partial charge is 0.370 e. The molecule has 0 amide bonds. The molecule has 2 N–H and O–H groups in total. The van der Waals surface area contributed by atoms with Crippen LogP contribution in [0.1, 0.15) is 45.4 Å². The van der Waals surface area contributed by atoms with Crippen molar-refractivity contribution in [3.63, 3.8) is 0 Å². The first kappa shape index (κ1) is 11.7. The molecular formula is C13H25N3. The van der Waals surface area contributed by atoms with Gasteiger partial charge < -0.3 is 10.6 Å². The van der Waals surface area contributed by atoms with Crippen LogP contribution >= 0.6 is 0 Å². The van der Waals surface area contributed by atoms with Crippen molar-refractivity contribution in [2.24, 2.45) is 22.6 Å². The van der Waals surface area contributed by atoms with Crippen molar-refractivity contribution in [1.82, 2.24) is 4.90 Å². The summed E-state index contributed by atoms with van der Waals surface area (Å²) in [7, 11) is 0. The first-order chi connectivity index (χ1) is 7.81. The Morgan fingerprint density at radius 3 is 2.44 bits per heavy atom. The lowest BCUT2D eigenvalue weighted by Gasteiger charge is -2.33. The lowest BCUT2D eigenvalue weighted by molar-refractivity contribution is 0.235. The van der Waals surface area contributed by atoms with E-state index in [1.807, 2.05) is 0 Å². The molecule has 2 fully saturated rings. The Bertz CT molecular complexity index is 246. The van der Waals surface area contributed by atoms with Crippen LogP contribution in [-0.4, -0.2) is 30.5 Å². The molecule has 3 heteroatoms. The van der Waals surface area contributed by atoms with Gasteiger partial charge in [-0.15, -0.1) is 0 Å². The second-order valence-electron chi connectivity index (χ2n) is 5.25. The highest BCUT2D eigenvalue weighted by molar-refractivity contribution is 5.78. The molecule has 0 aromatic rings. The zero-order valence-corrected chi connectivity index (χ0v) is 10.5. The first-order valence-corrected chi connectivity index (χ1v) is 6.86. The van der Waals surface area contributed by atoms with Gasteiger partial charge in [0.25, 0.3) is 0 Å². The number of hydrogen-bond donors (Lipinski definition) is 1. The third-order valence-electron chi connectivity index (χ3n) is 4.26. The van der Waals surface area contributed by atoms with Crippen molar-refractivity contribution in [3.8, 4) is 0 Å². The molecule has 0 bridgehead atoms. The molecule has 1 aliphatic heterocycles. The Hall–Kier alpha value is -0.730. The molecule has 2 rings (SSSR count). The van der Waals surface area contributed by atoms with Crippen LogP contribution in [0, 0.1) is 11.8 Å². The minimum atomic E-state index is 0.784. The zero-order chi connectivity index (χ0) is 11.4. The molecule has 0 radical (unpaired) electrons. The SMILES string of the molecule is CCC1CCCCC1CN=C(N)N1CCC1. The van der Waals surface area contributed by atoms with E-state index in [1.54, 1.807) is 0 Å². The Morgan fingerprint density at radius 1 is 1.19 bits per heavy atom. The van der Waals surface area contributed by atoms with E-state index in [2.05, 4.69) is 16.8 Å². The Balaban J connectivity index is 1.82. The van der Waals surface area contributed by atoms with Gasteiger partial charge in [-0.2, -0.15) is 0 Å². The van der Waals surface area contributed by atoms with Crippen LogP contribution in [-0.2, 0) is 0 Å². The van der Waals surface area contributed by atoms with E-state index in [9.17, 15) is 0 Å². The van der Waals surface area contributed by atoms with Crippen molar-refractivity contribution in [2.45, 2.75) is 45.4 Å².